The SMILES string of the molecule is C[C@H](CCC(=O)c1cc2[nH]c(Nc3c(Cl)ccc(CNC(=O)C(C)(C)C)c3Cl)nc2nc1OCC(F)F)C1CCC(C(F)(F)F)CC1. The van der Waals surface area contributed by atoms with Crippen molar-refractivity contribution in [2.24, 2.45) is 23.2 Å². The van der Waals surface area contributed by atoms with Crippen molar-refractivity contribution < 1.29 is 36.3 Å². The summed E-state index contributed by atoms with van der Waals surface area (Å²) in [5, 5.41) is 6.32. The van der Waals surface area contributed by atoms with Gasteiger partial charge in [0.25, 0.3) is 6.43 Å². The van der Waals surface area contributed by atoms with Gasteiger partial charge in [-0.05, 0) is 61.6 Å². The van der Waals surface area contributed by atoms with Crippen molar-refractivity contribution in [2.75, 3.05) is 11.9 Å². The van der Waals surface area contributed by atoms with E-state index in [0.29, 0.717) is 36.0 Å². The second-order valence-corrected chi connectivity index (χ2v) is 13.8. The van der Waals surface area contributed by atoms with Crippen LogP contribution >= 0.6 is 23.2 Å². The predicted octanol–water partition coefficient (Wildman–Crippen LogP) is 9.28. The molecule has 1 fully saturated rings. The van der Waals surface area contributed by atoms with Crippen LogP contribution in [0.4, 0.5) is 33.6 Å². The maximum atomic E-state index is 13.3. The lowest BCUT2D eigenvalue weighted by molar-refractivity contribution is -0.184. The number of hydrogen-bond acceptors (Lipinski definition) is 6. The van der Waals surface area contributed by atoms with Crippen LogP contribution in [0, 0.1) is 23.2 Å². The third-order valence-electron chi connectivity index (χ3n) is 8.49. The number of nitrogens with one attached hydrogen (secondary N) is 3. The van der Waals surface area contributed by atoms with Crippen molar-refractivity contribution in [1.29, 1.82) is 0 Å². The standard InChI is InChI=1S/C32H38Cl2F5N5O3/c1-16(17-6-9-19(10-7-17)32(37,38)39)5-12-23(45)20-13-22-27(43-28(20)47-15-24(35)36)44-30(41-22)42-26-21(33)11-8-18(25(26)34)14-40-29(46)31(2,3)4/h8,11,13,16-17,19,24H,5-7,9-10,12,14-15H2,1-4H3,(H,40,46)(H2,41,42,43,44)/t16-,17?,19?/m1/s1. The van der Waals surface area contributed by atoms with Crippen LogP contribution in [-0.2, 0) is 11.3 Å². The molecular weight excluding hydrogens is 668 g/mol. The number of hydrogen-bond donors (Lipinski definition) is 3. The summed E-state index contributed by atoms with van der Waals surface area (Å²) in [5.74, 6) is -1.97. The van der Waals surface area contributed by atoms with Gasteiger partial charge in [-0.25, -0.2) is 8.78 Å². The molecule has 0 radical (unpaired) electrons. The number of H-pyrrole nitrogens is 1. The van der Waals surface area contributed by atoms with Gasteiger partial charge >= 0.3 is 6.18 Å². The Bertz CT molecular complexity index is 1580. The predicted molar refractivity (Wildman–Crippen MR) is 171 cm³/mol. The average molecular weight is 707 g/mol. The minimum atomic E-state index is -4.19. The number of rotatable bonds is 12. The van der Waals surface area contributed by atoms with E-state index in [9.17, 15) is 31.5 Å². The fraction of sp³-hybridized carbons (Fsp3) is 0.562. The Labute approximate surface area is 279 Å². The molecule has 1 atom stereocenters. The highest BCUT2D eigenvalue weighted by Gasteiger charge is 2.42. The number of carbonyl (C=O) groups is 2. The average Bonchev–Trinajstić information content (AvgIpc) is 3.40. The van der Waals surface area contributed by atoms with E-state index in [2.05, 4.69) is 25.6 Å². The number of alkyl halides is 5. The van der Waals surface area contributed by atoms with Crippen molar-refractivity contribution in [3.8, 4) is 5.88 Å². The van der Waals surface area contributed by atoms with Gasteiger partial charge in [0, 0.05) is 18.4 Å². The Morgan fingerprint density at radius 1 is 1.09 bits per heavy atom. The molecule has 0 aliphatic heterocycles. The molecule has 15 heteroatoms. The van der Waals surface area contributed by atoms with E-state index in [1.165, 1.54) is 6.07 Å². The second kappa shape index (κ2) is 14.9. The maximum absolute atomic E-state index is 13.3. The van der Waals surface area contributed by atoms with Crippen molar-refractivity contribution in [3.05, 3.63) is 39.4 Å². The topological polar surface area (TPSA) is 109 Å². The number of anilines is 2. The van der Waals surface area contributed by atoms with Crippen LogP contribution in [0.15, 0.2) is 18.2 Å². The van der Waals surface area contributed by atoms with Gasteiger partial charge in [-0.15, -0.1) is 0 Å². The Morgan fingerprint density at radius 3 is 2.38 bits per heavy atom. The van der Waals surface area contributed by atoms with Crippen molar-refractivity contribution in [3.63, 3.8) is 0 Å². The number of benzene rings is 1. The molecule has 3 N–H and O–H groups in total. The van der Waals surface area contributed by atoms with Crippen LogP contribution in [0.2, 0.25) is 10.0 Å². The summed E-state index contributed by atoms with van der Waals surface area (Å²) in [5.41, 5.74) is 0.635. The summed E-state index contributed by atoms with van der Waals surface area (Å²) in [4.78, 5) is 37.3. The van der Waals surface area contributed by atoms with E-state index in [0.717, 1.165) is 0 Å². The van der Waals surface area contributed by atoms with Crippen LogP contribution in [0.3, 0.4) is 0 Å². The van der Waals surface area contributed by atoms with E-state index in [1.54, 1.807) is 32.9 Å². The zero-order chi connectivity index (χ0) is 34.7. The molecule has 1 saturated carbocycles. The number of ether oxygens (including phenoxy) is 1. The first-order valence-electron chi connectivity index (χ1n) is 15.4. The van der Waals surface area contributed by atoms with Gasteiger partial charge in [0.1, 0.15) is 0 Å². The zero-order valence-corrected chi connectivity index (χ0v) is 28.0. The summed E-state index contributed by atoms with van der Waals surface area (Å²) >= 11 is 13.0. The molecule has 47 heavy (non-hydrogen) atoms. The summed E-state index contributed by atoms with van der Waals surface area (Å²) in [6, 6.07) is 4.70. The maximum Gasteiger partial charge on any atom is 0.391 e. The number of Topliss-reactive ketones (excluding diaryl/α,β-unsaturated/α-hetero) is 1. The van der Waals surface area contributed by atoms with E-state index >= 15 is 0 Å². The number of pyridine rings is 1. The number of amides is 1. The number of fused-ring (bicyclic) bond motifs is 1. The van der Waals surface area contributed by atoms with Crippen LogP contribution in [-0.4, -0.2) is 45.9 Å². The molecule has 1 aromatic carbocycles. The second-order valence-electron chi connectivity index (χ2n) is 13.0. The van der Waals surface area contributed by atoms with E-state index in [-0.39, 0.29) is 76.6 Å². The van der Waals surface area contributed by atoms with Gasteiger partial charge in [-0.3, -0.25) is 9.59 Å². The highest BCUT2D eigenvalue weighted by molar-refractivity contribution is 6.39. The number of imidazole rings is 1. The molecule has 258 valence electrons. The molecule has 0 saturated heterocycles. The highest BCUT2D eigenvalue weighted by Crippen LogP contribution is 2.42. The van der Waals surface area contributed by atoms with E-state index in [4.69, 9.17) is 27.9 Å². The third-order valence-corrected chi connectivity index (χ3v) is 9.23. The van der Waals surface area contributed by atoms with Gasteiger partial charge in [0.05, 0.1) is 32.7 Å². The highest BCUT2D eigenvalue weighted by atomic mass is 35.5. The lowest BCUT2D eigenvalue weighted by atomic mass is 9.74. The van der Waals surface area contributed by atoms with Gasteiger partial charge in [-0.1, -0.05) is 57.0 Å². The molecule has 3 aromatic rings. The Morgan fingerprint density at radius 2 is 1.77 bits per heavy atom. The molecule has 1 aliphatic rings. The smallest absolute Gasteiger partial charge is 0.391 e. The first kappa shape index (κ1) is 36.6. The van der Waals surface area contributed by atoms with Crippen molar-refractivity contribution in [1.82, 2.24) is 20.3 Å². The molecule has 2 heterocycles. The van der Waals surface area contributed by atoms with Crippen molar-refractivity contribution in [2.45, 2.75) is 85.4 Å². The number of aromatic amines is 1. The summed E-state index contributed by atoms with van der Waals surface area (Å²) in [7, 11) is 0. The van der Waals surface area contributed by atoms with Crippen LogP contribution in [0.25, 0.3) is 11.2 Å². The van der Waals surface area contributed by atoms with Gasteiger partial charge < -0.3 is 20.4 Å². The number of ketones is 1. The Kier molecular flexibility index (Phi) is 11.6. The fourth-order valence-corrected chi connectivity index (χ4v) is 6.12. The van der Waals surface area contributed by atoms with Crippen LogP contribution in [0.5, 0.6) is 5.88 Å². The molecule has 1 amide bonds. The minimum Gasteiger partial charge on any atom is -0.471 e. The third kappa shape index (κ3) is 9.46. The molecule has 2 aromatic heterocycles. The van der Waals surface area contributed by atoms with Crippen molar-refractivity contribution >= 4 is 57.7 Å². The fourth-order valence-electron chi connectivity index (χ4n) is 5.59. The monoisotopic (exact) mass is 705 g/mol. The largest absolute Gasteiger partial charge is 0.471 e. The number of carbonyl (C=O) groups excluding carboxylic acids is 2. The molecule has 0 unspecified atom stereocenters. The quantitative estimate of drug-likeness (QED) is 0.128. The molecule has 0 bridgehead atoms. The van der Waals surface area contributed by atoms with E-state index in [1.807, 2.05) is 6.92 Å². The van der Waals surface area contributed by atoms with E-state index < -0.39 is 36.3 Å². The summed E-state index contributed by atoms with van der Waals surface area (Å²) in [6.45, 7) is 6.43. The van der Waals surface area contributed by atoms with Gasteiger partial charge in [-0.2, -0.15) is 23.1 Å². The molecular formula is C32H38Cl2F5N5O3. The molecule has 4 rings (SSSR count). The Hall–Kier alpha value is -3.19. The number of halogens is 7. The van der Waals surface area contributed by atoms with Crippen LogP contribution in [0.1, 0.15) is 82.1 Å². The summed E-state index contributed by atoms with van der Waals surface area (Å²) in [6.07, 6.45) is -5.56. The summed E-state index contributed by atoms with van der Waals surface area (Å²) < 4.78 is 70.5. The molecule has 0 spiro atoms. The lowest BCUT2D eigenvalue weighted by Crippen LogP contribution is -2.34. The minimum absolute atomic E-state index is 0.00902. The Balaban J connectivity index is 1.51. The zero-order valence-electron chi connectivity index (χ0n) is 26.5. The normalized spacial score (nSPS) is 18.0. The first-order chi connectivity index (χ1) is 21.9. The van der Waals surface area contributed by atoms with Gasteiger partial charge in [0.15, 0.2) is 18.0 Å². The lowest BCUT2D eigenvalue weighted by Gasteiger charge is -2.33. The van der Waals surface area contributed by atoms with Crippen LogP contribution < -0.4 is 15.4 Å². The van der Waals surface area contributed by atoms with Gasteiger partial charge in [0.2, 0.25) is 17.7 Å². The first-order valence-corrected chi connectivity index (χ1v) is 16.1. The molecule has 1 aliphatic carbocycles. The number of nitrogens with zero attached hydrogens (tertiary/aromatic N) is 2. The number of aromatic nitrogens is 3. The molecule has 8 nitrogen and oxygen atoms in total.